The zero-order valence-corrected chi connectivity index (χ0v) is 15.1. The maximum Gasteiger partial charge on any atom is 0.249 e. The summed E-state index contributed by atoms with van der Waals surface area (Å²) in [4.78, 5) is 4.35. The van der Waals surface area contributed by atoms with E-state index in [1.165, 1.54) is 4.31 Å². The highest BCUT2D eigenvalue weighted by atomic mass is 32.2. The van der Waals surface area contributed by atoms with Crippen LogP contribution < -0.4 is 0 Å². The van der Waals surface area contributed by atoms with Crippen LogP contribution in [0.25, 0.3) is 11.5 Å². The molecule has 0 aliphatic carbocycles. The van der Waals surface area contributed by atoms with Gasteiger partial charge in [0.25, 0.3) is 0 Å². The van der Waals surface area contributed by atoms with E-state index in [0.717, 1.165) is 11.1 Å². The number of rotatable bonds is 4. The van der Waals surface area contributed by atoms with E-state index < -0.39 is 10.0 Å². The number of pyridine rings is 1. The van der Waals surface area contributed by atoms with Gasteiger partial charge in [-0.25, -0.2) is 8.42 Å². The maximum absolute atomic E-state index is 12.8. The van der Waals surface area contributed by atoms with Crippen LogP contribution in [0.3, 0.4) is 0 Å². The molecule has 1 unspecified atom stereocenters. The van der Waals surface area contributed by atoms with Gasteiger partial charge in [-0.3, -0.25) is 4.98 Å². The molecule has 3 aromatic rings. The minimum Gasteiger partial charge on any atom is -0.420 e. The van der Waals surface area contributed by atoms with Crippen molar-refractivity contribution < 1.29 is 12.8 Å². The van der Waals surface area contributed by atoms with Crippen LogP contribution in [0.5, 0.6) is 0 Å². The highest BCUT2D eigenvalue weighted by Crippen LogP contribution is 2.31. The number of sulfonamides is 1. The van der Waals surface area contributed by atoms with E-state index in [1.807, 2.05) is 13.0 Å². The molecule has 0 bridgehead atoms. The fourth-order valence-corrected chi connectivity index (χ4v) is 4.51. The Morgan fingerprint density at radius 2 is 1.96 bits per heavy atom. The molecule has 0 radical (unpaired) electrons. The normalized spacial score (nSPS) is 18.3. The summed E-state index contributed by atoms with van der Waals surface area (Å²) < 4.78 is 32.8. The lowest BCUT2D eigenvalue weighted by Crippen LogP contribution is -2.28. The van der Waals surface area contributed by atoms with Gasteiger partial charge in [-0.2, -0.15) is 4.31 Å². The van der Waals surface area contributed by atoms with E-state index in [4.69, 9.17) is 4.42 Å². The summed E-state index contributed by atoms with van der Waals surface area (Å²) >= 11 is 0. The Hall–Kier alpha value is -2.58. The zero-order valence-electron chi connectivity index (χ0n) is 14.2. The molecule has 1 fully saturated rings. The summed E-state index contributed by atoms with van der Waals surface area (Å²) in [5, 5.41) is 8.17. The fraction of sp³-hybridized carbons (Fsp3) is 0.278. The molecule has 1 aromatic carbocycles. The average Bonchev–Trinajstić information content (AvgIpc) is 3.33. The first-order chi connectivity index (χ1) is 12.5. The molecular weight excluding hydrogens is 352 g/mol. The summed E-state index contributed by atoms with van der Waals surface area (Å²) in [5.41, 5.74) is 1.77. The molecule has 3 heterocycles. The van der Waals surface area contributed by atoms with Gasteiger partial charge in [0.2, 0.25) is 21.8 Å². The van der Waals surface area contributed by atoms with Crippen molar-refractivity contribution in [1.82, 2.24) is 19.5 Å². The standard InChI is InChI=1S/C18H18N4O3S/c1-13-4-6-16(7-5-13)26(23,24)22-10-8-15(12-22)18-21-20-17(25-18)14-3-2-9-19-11-14/h2-7,9,11,15H,8,10,12H2,1H3. The van der Waals surface area contributed by atoms with E-state index in [2.05, 4.69) is 15.2 Å². The van der Waals surface area contributed by atoms with Crippen LogP contribution in [-0.2, 0) is 10.0 Å². The predicted molar refractivity (Wildman–Crippen MR) is 94.8 cm³/mol. The summed E-state index contributed by atoms with van der Waals surface area (Å²) in [6, 6.07) is 10.5. The van der Waals surface area contributed by atoms with E-state index in [0.29, 0.717) is 36.2 Å². The van der Waals surface area contributed by atoms with Crippen molar-refractivity contribution in [2.24, 2.45) is 0 Å². The van der Waals surface area contributed by atoms with Crippen LogP contribution in [0, 0.1) is 6.92 Å². The van der Waals surface area contributed by atoms with E-state index in [-0.39, 0.29) is 5.92 Å². The Morgan fingerprint density at radius 1 is 1.15 bits per heavy atom. The van der Waals surface area contributed by atoms with Gasteiger partial charge in [0.05, 0.1) is 16.4 Å². The van der Waals surface area contributed by atoms with Crippen LogP contribution in [0.1, 0.15) is 23.8 Å². The molecule has 26 heavy (non-hydrogen) atoms. The largest absolute Gasteiger partial charge is 0.420 e. The first kappa shape index (κ1) is 16.9. The summed E-state index contributed by atoms with van der Waals surface area (Å²) in [7, 11) is -3.51. The summed E-state index contributed by atoms with van der Waals surface area (Å²) in [6.45, 7) is 2.70. The molecule has 0 spiro atoms. The zero-order chi connectivity index (χ0) is 18.1. The summed E-state index contributed by atoms with van der Waals surface area (Å²) in [5.74, 6) is 0.756. The van der Waals surface area contributed by atoms with Gasteiger partial charge in [0.1, 0.15) is 0 Å². The van der Waals surface area contributed by atoms with Gasteiger partial charge in [-0.1, -0.05) is 17.7 Å². The topological polar surface area (TPSA) is 89.2 Å². The fourth-order valence-electron chi connectivity index (χ4n) is 3.01. The summed E-state index contributed by atoms with van der Waals surface area (Å²) in [6.07, 6.45) is 3.98. The van der Waals surface area contributed by atoms with Crippen molar-refractivity contribution in [3.63, 3.8) is 0 Å². The van der Waals surface area contributed by atoms with E-state index in [1.54, 1.807) is 42.7 Å². The minimum absolute atomic E-state index is 0.104. The maximum atomic E-state index is 12.8. The molecule has 2 aromatic heterocycles. The lowest BCUT2D eigenvalue weighted by Gasteiger charge is -2.16. The van der Waals surface area contributed by atoms with Crippen LogP contribution in [-0.4, -0.2) is 41.0 Å². The van der Waals surface area contributed by atoms with Gasteiger partial charge in [-0.05, 0) is 37.6 Å². The highest BCUT2D eigenvalue weighted by molar-refractivity contribution is 7.89. The van der Waals surface area contributed by atoms with Gasteiger partial charge in [0.15, 0.2) is 0 Å². The van der Waals surface area contributed by atoms with Crippen LogP contribution in [0.15, 0.2) is 58.1 Å². The molecule has 134 valence electrons. The molecule has 1 aliphatic rings. The highest BCUT2D eigenvalue weighted by Gasteiger charge is 2.35. The van der Waals surface area contributed by atoms with Crippen molar-refractivity contribution >= 4 is 10.0 Å². The lowest BCUT2D eigenvalue weighted by molar-refractivity contribution is 0.440. The smallest absolute Gasteiger partial charge is 0.249 e. The van der Waals surface area contributed by atoms with Crippen molar-refractivity contribution in [1.29, 1.82) is 0 Å². The Labute approximate surface area is 151 Å². The van der Waals surface area contributed by atoms with Crippen LogP contribution >= 0.6 is 0 Å². The Balaban J connectivity index is 1.52. The van der Waals surface area contributed by atoms with Crippen molar-refractivity contribution in [2.45, 2.75) is 24.2 Å². The third-order valence-corrected chi connectivity index (χ3v) is 6.39. The Morgan fingerprint density at radius 3 is 2.69 bits per heavy atom. The van der Waals surface area contributed by atoms with E-state index >= 15 is 0 Å². The second-order valence-corrected chi connectivity index (χ2v) is 8.29. The lowest BCUT2D eigenvalue weighted by atomic mass is 10.1. The molecule has 7 nitrogen and oxygen atoms in total. The van der Waals surface area contributed by atoms with Crippen molar-refractivity contribution in [3.8, 4) is 11.5 Å². The second kappa shape index (κ2) is 6.62. The van der Waals surface area contributed by atoms with Gasteiger partial charge in [0, 0.05) is 25.5 Å². The first-order valence-electron chi connectivity index (χ1n) is 8.34. The first-order valence-corrected chi connectivity index (χ1v) is 9.78. The van der Waals surface area contributed by atoms with Crippen molar-refractivity contribution in [3.05, 3.63) is 60.2 Å². The molecule has 1 atom stereocenters. The molecule has 0 N–H and O–H groups in total. The number of benzene rings is 1. The van der Waals surface area contributed by atoms with Gasteiger partial charge < -0.3 is 4.42 Å². The average molecular weight is 370 g/mol. The number of aromatic nitrogens is 3. The van der Waals surface area contributed by atoms with Crippen LogP contribution in [0.4, 0.5) is 0 Å². The van der Waals surface area contributed by atoms with Gasteiger partial charge in [-0.15, -0.1) is 10.2 Å². The molecule has 8 heteroatoms. The molecule has 4 rings (SSSR count). The predicted octanol–water partition coefficient (Wildman–Crippen LogP) is 2.62. The number of hydrogen-bond acceptors (Lipinski definition) is 6. The van der Waals surface area contributed by atoms with Crippen molar-refractivity contribution in [2.75, 3.05) is 13.1 Å². The molecule has 0 saturated carbocycles. The second-order valence-electron chi connectivity index (χ2n) is 6.35. The van der Waals surface area contributed by atoms with E-state index in [9.17, 15) is 8.42 Å². The SMILES string of the molecule is Cc1ccc(S(=O)(=O)N2CCC(c3nnc(-c4cccnc4)o3)C2)cc1. The minimum atomic E-state index is -3.51. The third kappa shape index (κ3) is 3.13. The quantitative estimate of drug-likeness (QED) is 0.701. The Bertz CT molecular complexity index is 1000. The van der Waals surface area contributed by atoms with Crippen LogP contribution in [0.2, 0.25) is 0 Å². The number of hydrogen-bond donors (Lipinski definition) is 0. The number of nitrogens with zero attached hydrogens (tertiary/aromatic N) is 4. The number of aryl methyl sites for hydroxylation is 1. The van der Waals surface area contributed by atoms with Gasteiger partial charge >= 0.3 is 0 Å². The molecular formula is C18H18N4O3S. The molecule has 1 aliphatic heterocycles. The molecule has 1 saturated heterocycles. The third-order valence-electron chi connectivity index (χ3n) is 4.51. The molecule has 0 amide bonds. The Kier molecular flexibility index (Phi) is 4.29. The monoisotopic (exact) mass is 370 g/mol.